The van der Waals surface area contributed by atoms with E-state index < -0.39 is 0 Å². The van der Waals surface area contributed by atoms with E-state index in [0.29, 0.717) is 0 Å². The van der Waals surface area contributed by atoms with Gasteiger partial charge in [0.2, 0.25) is 0 Å². The molecule has 0 saturated carbocycles. The Morgan fingerprint density at radius 2 is 1.80 bits per heavy atom. The van der Waals surface area contributed by atoms with E-state index in [1.807, 2.05) is 21.1 Å². The van der Waals surface area contributed by atoms with E-state index in [1.165, 1.54) is 0 Å². The Hall–Kier alpha value is -0.120. The minimum Gasteiger partial charge on any atom is -0.313 e. The first-order valence-corrected chi connectivity index (χ1v) is 3.59. The normalized spacial score (nSPS) is 12.6. The molecule has 0 aromatic heterocycles. The van der Waals surface area contributed by atoms with Gasteiger partial charge in [0.25, 0.3) is 0 Å². The van der Waals surface area contributed by atoms with Crippen LogP contribution in [0.5, 0.6) is 0 Å². The van der Waals surface area contributed by atoms with Crippen molar-refractivity contribution < 1.29 is 0 Å². The van der Waals surface area contributed by atoms with Crippen LogP contribution in [0, 0.1) is 0 Å². The molecular formula is C7H19N3. The molecule has 0 atom stereocenters. The first-order chi connectivity index (χ1) is 4.52. The SMILES string of the molecule is CNN(C)CC(C)(C)NC. The number of likely N-dealkylation sites (N-methyl/N-ethyl adjacent to an activating group) is 2. The summed E-state index contributed by atoms with van der Waals surface area (Å²) in [5, 5.41) is 5.28. The van der Waals surface area contributed by atoms with Gasteiger partial charge in [0, 0.05) is 19.1 Å². The molecule has 3 nitrogen and oxygen atoms in total. The summed E-state index contributed by atoms with van der Waals surface area (Å²) in [4.78, 5) is 0. The summed E-state index contributed by atoms with van der Waals surface area (Å²) in [6, 6.07) is 0. The van der Waals surface area contributed by atoms with Gasteiger partial charge in [-0.25, -0.2) is 5.01 Å². The lowest BCUT2D eigenvalue weighted by Gasteiger charge is -2.29. The van der Waals surface area contributed by atoms with Crippen molar-refractivity contribution in [3.8, 4) is 0 Å². The molecule has 0 bridgehead atoms. The second kappa shape index (κ2) is 3.91. The second-order valence-electron chi connectivity index (χ2n) is 3.21. The van der Waals surface area contributed by atoms with Crippen LogP contribution in [0.2, 0.25) is 0 Å². The van der Waals surface area contributed by atoms with Crippen LogP contribution in [-0.4, -0.2) is 38.2 Å². The van der Waals surface area contributed by atoms with Gasteiger partial charge in [0.15, 0.2) is 0 Å². The van der Waals surface area contributed by atoms with Crippen LogP contribution in [0.15, 0.2) is 0 Å². The maximum atomic E-state index is 3.22. The Morgan fingerprint density at radius 1 is 1.30 bits per heavy atom. The third-order valence-corrected chi connectivity index (χ3v) is 1.69. The zero-order valence-corrected chi connectivity index (χ0v) is 7.65. The topological polar surface area (TPSA) is 27.3 Å². The minimum absolute atomic E-state index is 0.178. The van der Waals surface area contributed by atoms with Crippen molar-refractivity contribution in [2.75, 3.05) is 27.7 Å². The zero-order valence-electron chi connectivity index (χ0n) is 7.65. The predicted octanol–water partition coefficient (Wildman–Crippen LogP) is 0.0506. The maximum absolute atomic E-state index is 3.22. The Kier molecular flexibility index (Phi) is 3.86. The Bertz CT molecular complexity index is 90.9. The van der Waals surface area contributed by atoms with Crippen LogP contribution in [0.25, 0.3) is 0 Å². The molecular weight excluding hydrogens is 126 g/mol. The summed E-state index contributed by atoms with van der Waals surface area (Å²) in [6.07, 6.45) is 0. The number of rotatable bonds is 4. The smallest absolute Gasteiger partial charge is 0.0305 e. The van der Waals surface area contributed by atoms with Crippen LogP contribution in [-0.2, 0) is 0 Å². The number of hydrazine groups is 1. The third kappa shape index (κ3) is 3.82. The minimum atomic E-state index is 0.178. The predicted molar refractivity (Wildman–Crippen MR) is 44.8 cm³/mol. The largest absolute Gasteiger partial charge is 0.313 e. The second-order valence-corrected chi connectivity index (χ2v) is 3.21. The summed E-state index contributed by atoms with van der Waals surface area (Å²) in [7, 11) is 5.92. The van der Waals surface area contributed by atoms with E-state index in [1.54, 1.807) is 0 Å². The molecule has 2 N–H and O–H groups in total. The number of nitrogens with one attached hydrogen (secondary N) is 2. The highest BCUT2D eigenvalue weighted by atomic mass is 15.5. The van der Waals surface area contributed by atoms with Crippen molar-refractivity contribution in [3.63, 3.8) is 0 Å². The van der Waals surface area contributed by atoms with Crippen molar-refractivity contribution in [2.45, 2.75) is 19.4 Å². The van der Waals surface area contributed by atoms with E-state index in [-0.39, 0.29) is 5.54 Å². The molecule has 0 saturated heterocycles. The fourth-order valence-corrected chi connectivity index (χ4v) is 0.751. The van der Waals surface area contributed by atoms with Crippen LogP contribution < -0.4 is 10.7 Å². The van der Waals surface area contributed by atoms with E-state index in [0.717, 1.165) is 6.54 Å². The van der Waals surface area contributed by atoms with Gasteiger partial charge < -0.3 is 5.32 Å². The standard InChI is InChI=1S/C7H19N3/c1-7(2,8-3)6-10(5)9-4/h8-9H,6H2,1-5H3. The van der Waals surface area contributed by atoms with Crippen LogP contribution in [0.3, 0.4) is 0 Å². The molecule has 0 aliphatic rings. The molecule has 0 rings (SSSR count). The van der Waals surface area contributed by atoms with Gasteiger partial charge in [-0.05, 0) is 27.9 Å². The first-order valence-electron chi connectivity index (χ1n) is 3.59. The van der Waals surface area contributed by atoms with Gasteiger partial charge in [-0.1, -0.05) is 0 Å². The average molecular weight is 145 g/mol. The molecule has 62 valence electrons. The van der Waals surface area contributed by atoms with Crippen molar-refractivity contribution in [2.24, 2.45) is 0 Å². The van der Waals surface area contributed by atoms with Crippen LogP contribution in [0.1, 0.15) is 13.8 Å². The van der Waals surface area contributed by atoms with Crippen molar-refractivity contribution in [1.82, 2.24) is 15.8 Å². The summed E-state index contributed by atoms with van der Waals surface area (Å²) in [5.74, 6) is 0. The van der Waals surface area contributed by atoms with Gasteiger partial charge in [0.05, 0.1) is 0 Å². The Morgan fingerprint density at radius 3 is 2.10 bits per heavy atom. The highest BCUT2D eigenvalue weighted by molar-refractivity contribution is 4.77. The molecule has 0 aromatic carbocycles. The lowest BCUT2D eigenvalue weighted by molar-refractivity contribution is 0.195. The summed E-state index contributed by atoms with van der Waals surface area (Å²) in [5.41, 5.74) is 3.23. The molecule has 0 radical (unpaired) electrons. The summed E-state index contributed by atoms with van der Waals surface area (Å²) in [6.45, 7) is 5.32. The molecule has 0 unspecified atom stereocenters. The van der Waals surface area contributed by atoms with Gasteiger partial charge >= 0.3 is 0 Å². The molecule has 0 fully saturated rings. The first kappa shape index (κ1) is 9.88. The van der Waals surface area contributed by atoms with Gasteiger partial charge in [-0.2, -0.15) is 0 Å². The van der Waals surface area contributed by atoms with Gasteiger partial charge in [0.1, 0.15) is 0 Å². The lowest BCUT2D eigenvalue weighted by atomic mass is 10.1. The molecule has 0 aliphatic heterocycles. The molecule has 10 heavy (non-hydrogen) atoms. The molecule has 0 amide bonds. The quantitative estimate of drug-likeness (QED) is 0.547. The number of hydrogen-bond acceptors (Lipinski definition) is 3. The maximum Gasteiger partial charge on any atom is 0.0305 e. The Balaban J connectivity index is 3.64. The third-order valence-electron chi connectivity index (χ3n) is 1.69. The molecule has 3 heteroatoms. The fraction of sp³-hybridized carbons (Fsp3) is 1.00. The van der Waals surface area contributed by atoms with Gasteiger partial charge in [-0.15, -0.1) is 0 Å². The van der Waals surface area contributed by atoms with E-state index in [4.69, 9.17) is 0 Å². The molecule has 0 spiro atoms. The summed E-state index contributed by atoms with van der Waals surface area (Å²) < 4.78 is 0. The lowest BCUT2D eigenvalue weighted by Crippen LogP contribution is -2.49. The average Bonchev–Trinajstić information content (AvgIpc) is 1.87. The molecule has 0 heterocycles. The monoisotopic (exact) mass is 145 g/mol. The van der Waals surface area contributed by atoms with Crippen LogP contribution >= 0.6 is 0 Å². The van der Waals surface area contributed by atoms with Crippen molar-refractivity contribution in [3.05, 3.63) is 0 Å². The zero-order chi connectivity index (χ0) is 8.20. The fourth-order valence-electron chi connectivity index (χ4n) is 0.751. The van der Waals surface area contributed by atoms with Crippen molar-refractivity contribution >= 4 is 0 Å². The highest BCUT2D eigenvalue weighted by Gasteiger charge is 2.15. The van der Waals surface area contributed by atoms with Crippen molar-refractivity contribution in [1.29, 1.82) is 0 Å². The van der Waals surface area contributed by atoms with E-state index in [9.17, 15) is 0 Å². The van der Waals surface area contributed by atoms with E-state index >= 15 is 0 Å². The van der Waals surface area contributed by atoms with E-state index in [2.05, 4.69) is 29.6 Å². The van der Waals surface area contributed by atoms with Crippen LogP contribution in [0.4, 0.5) is 0 Å². The number of nitrogens with zero attached hydrogens (tertiary/aromatic N) is 1. The Labute approximate surface area is 63.8 Å². The highest BCUT2D eigenvalue weighted by Crippen LogP contribution is 2.00. The molecule has 0 aliphatic carbocycles. The number of hydrogen-bond donors (Lipinski definition) is 2. The summed E-state index contributed by atoms with van der Waals surface area (Å²) >= 11 is 0. The van der Waals surface area contributed by atoms with Gasteiger partial charge in [-0.3, -0.25) is 5.43 Å². The molecule has 0 aromatic rings.